The first-order valence-corrected chi connectivity index (χ1v) is 7.62. The molecule has 22 heavy (non-hydrogen) atoms. The van der Waals surface area contributed by atoms with Crippen LogP contribution in [0.2, 0.25) is 0 Å². The number of benzene rings is 1. The van der Waals surface area contributed by atoms with Crippen molar-refractivity contribution in [1.29, 1.82) is 0 Å². The molecule has 1 heterocycles. The lowest BCUT2D eigenvalue weighted by atomic mass is 9.77. The van der Waals surface area contributed by atoms with Gasteiger partial charge in [-0.15, -0.1) is 0 Å². The first kappa shape index (κ1) is 14.7. The Bertz CT molecular complexity index is 693. The summed E-state index contributed by atoms with van der Waals surface area (Å²) < 4.78 is 14.3. The average Bonchev–Trinajstić information content (AvgIpc) is 2.98. The van der Waals surface area contributed by atoms with Crippen LogP contribution in [0.3, 0.4) is 0 Å². The van der Waals surface area contributed by atoms with Crippen molar-refractivity contribution in [2.75, 3.05) is 5.32 Å². The van der Waals surface area contributed by atoms with E-state index in [1.807, 2.05) is 19.1 Å². The third-order valence-electron chi connectivity index (χ3n) is 4.41. The van der Waals surface area contributed by atoms with Gasteiger partial charge in [0.15, 0.2) is 0 Å². The maximum atomic E-state index is 14.3. The van der Waals surface area contributed by atoms with Crippen molar-refractivity contribution in [3.8, 4) is 0 Å². The number of amides is 1. The molecule has 0 bridgehead atoms. The van der Waals surface area contributed by atoms with E-state index < -0.39 is 5.41 Å². The van der Waals surface area contributed by atoms with Gasteiger partial charge in [0.2, 0.25) is 5.91 Å². The fourth-order valence-electron chi connectivity index (χ4n) is 3.30. The first-order chi connectivity index (χ1) is 10.6. The van der Waals surface area contributed by atoms with Gasteiger partial charge in [-0.1, -0.05) is 37.1 Å². The zero-order chi connectivity index (χ0) is 15.6. The molecule has 0 atom stereocenters. The number of aryl methyl sites for hydroxylation is 1. The second-order valence-corrected chi connectivity index (χ2v) is 5.89. The molecule has 0 radical (unpaired) electrons. The van der Waals surface area contributed by atoms with E-state index in [9.17, 15) is 9.18 Å². The van der Waals surface area contributed by atoms with Crippen LogP contribution < -0.4 is 5.32 Å². The molecular weight excluding hydrogens is 279 g/mol. The summed E-state index contributed by atoms with van der Waals surface area (Å²) in [6, 6.07) is 12.1. The van der Waals surface area contributed by atoms with Crippen LogP contribution in [0.1, 0.15) is 36.9 Å². The zero-order valence-electron chi connectivity index (χ0n) is 12.6. The Hall–Kier alpha value is -2.23. The van der Waals surface area contributed by atoms with Gasteiger partial charge >= 0.3 is 0 Å². The van der Waals surface area contributed by atoms with Gasteiger partial charge in [0, 0.05) is 11.3 Å². The van der Waals surface area contributed by atoms with Gasteiger partial charge in [0.1, 0.15) is 11.6 Å². The molecule has 3 nitrogen and oxygen atoms in total. The molecule has 1 aromatic heterocycles. The van der Waals surface area contributed by atoms with Crippen LogP contribution in [-0.4, -0.2) is 10.9 Å². The average molecular weight is 298 g/mol. The Morgan fingerprint density at radius 1 is 1.14 bits per heavy atom. The Morgan fingerprint density at radius 3 is 2.55 bits per heavy atom. The largest absolute Gasteiger partial charge is 0.310 e. The Labute approximate surface area is 129 Å². The maximum absolute atomic E-state index is 14.3. The van der Waals surface area contributed by atoms with Crippen LogP contribution in [-0.2, 0) is 10.2 Å². The predicted molar refractivity (Wildman–Crippen MR) is 84.1 cm³/mol. The maximum Gasteiger partial charge on any atom is 0.236 e. The predicted octanol–water partition coefficient (Wildman–Crippen LogP) is 3.98. The van der Waals surface area contributed by atoms with E-state index in [2.05, 4.69) is 10.3 Å². The van der Waals surface area contributed by atoms with E-state index in [0.29, 0.717) is 24.2 Å². The van der Waals surface area contributed by atoms with Gasteiger partial charge in [0.25, 0.3) is 0 Å². The molecule has 0 saturated heterocycles. The lowest BCUT2D eigenvalue weighted by Crippen LogP contribution is -2.39. The number of anilines is 1. The van der Waals surface area contributed by atoms with Crippen LogP contribution in [0.4, 0.5) is 10.2 Å². The number of carbonyl (C=O) groups excluding carboxylic acids is 1. The van der Waals surface area contributed by atoms with E-state index in [1.165, 1.54) is 6.07 Å². The number of hydrogen-bond donors (Lipinski definition) is 1. The highest BCUT2D eigenvalue weighted by molar-refractivity contribution is 5.98. The number of hydrogen-bond acceptors (Lipinski definition) is 2. The minimum absolute atomic E-state index is 0.159. The highest BCUT2D eigenvalue weighted by Gasteiger charge is 2.44. The molecule has 0 spiro atoms. The van der Waals surface area contributed by atoms with E-state index in [0.717, 1.165) is 18.5 Å². The van der Waals surface area contributed by atoms with E-state index in [4.69, 9.17) is 0 Å². The van der Waals surface area contributed by atoms with E-state index in [1.54, 1.807) is 24.3 Å². The number of carbonyl (C=O) groups is 1. The number of nitrogens with zero attached hydrogens (tertiary/aromatic N) is 1. The number of halogens is 1. The van der Waals surface area contributed by atoms with Crippen molar-refractivity contribution in [1.82, 2.24) is 4.98 Å². The SMILES string of the molecule is Cc1cccc(NC(=O)C2(c3ccccc3F)CCCC2)n1. The second kappa shape index (κ2) is 5.87. The third-order valence-corrected chi connectivity index (χ3v) is 4.41. The zero-order valence-corrected chi connectivity index (χ0v) is 12.6. The summed E-state index contributed by atoms with van der Waals surface area (Å²) in [4.78, 5) is 17.2. The van der Waals surface area contributed by atoms with Crippen molar-refractivity contribution in [2.45, 2.75) is 38.0 Å². The van der Waals surface area contributed by atoms with Gasteiger partial charge in [-0.25, -0.2) is 9.37 Å². The van der Waals surface area contributed by atoms with Gasteiger partial charge in [-0.05, 0) is 38.0 Å². The quantitative estimate of drug-likeness (QED) is 0.931. The molecule has 114 valence electrons. The smallest absolute Gasteiger partial charge is 0.236 e. The van der Waals surface area contributed by atoms with Gasteiger partial charge in [-0.2, -0.15) is 0 Å². The van der Waals surface area contributed by atoms with Crippen molar-refractivity contribution in [3.05, 3.63) is 59.5 Å². The summed E-state index contributed by atoms with van der Waals surface area (Å²) in [6.45, 7) is 1.87. The normalized spacial score (nSPS) is 16.5. The Kier molecular flexibility index (Phi) is 3.92. The molecule has 2 aromatic rings. The molecular formula is C18H19FN2O. The third kappa shape index (κ3) is 2.61. The van der Waals surface area contributed by atoms with Crippen molar-refractivity contribution < 1.29 is 9.18 Å². The monoisotopic (exact) mass is 298 g/mol. The number of nitrogens with one attached hydrogen (secondary N) is 1. The van der Waals surface area contributed by atoms with Crippen LogP contribution in [0, 0.1) is 12.7 Å². The Morgan fingerprint density at radius 2 is 1.86 bits per heavy atom. The number of pyridine rings is 1. The minimum Gasteiger partial charge on any atom is -0.310 e. The van der Waals surface area contributed by atoms with Crippen LogP contribution in [0.15, 0.2) is 42.5 Å². The summed E-state index contributed by atoms with van der Waals surface area (Å²) in [5, 5.41) is 2.87. The van der Waals surface area contributed by atoms with Crippen LogP contribution in [0.25, 0.3) is 0 Å². The highest BCUT2D eigenvalue weighted by atomic mass is 19.1. The van der Waals surface area contributed by atoms with Crippen molar-refractivity contribution in [3.63, 3.8) is 0 Å². The van der Waals surface area contributed by atoms with Crippen LogP contribution >= 0.6 is 0 Å². The molecule has 1 N–H and O–H groups in total. The van der Waals surface area contributed by atoms with Gasteiger partial charge in [0.05, 0.1) is 5.41 Å². The number of rotatable bonds is 3. The van der Waals surface area contributed by atoms with Crippen LogP contribution in [0.5, 0.6) is 0 Å². The Balaban J connectivity index is 1.94. The fourth-order valence-corrected chi connectivity index (χ4v) is 3.30. The molecule has 1 amide bonds. The topological polar surface area (TPSA) is 42.0 Å². The van der Waals surface area contributed by atoms with Crippen molar-refractivity contribution in [2.24, 2.45) is 0 Å². The van der Waals surface area contributed by atoms with E-state index >= 15 is 0 Å². The summed E-state index contributed by atoms with van der Waals surface area (Å²) in [5.74, 6) is 0.0533. The lowest BCUT2D eigenvalue weighted by molar-refractivity contribution is -0.121. The molecule has 1 aliphatic carbocycles. The summed E-state index contributed by atoms with van der Waals surface area (Å²) >= 11 is 0. The molecule has 4 heteroatoms. The highest BCUT2D eigenvalue weighted by Crippen LogP contribution is 2.42. The number of aromatic nitrogens is 1. The molecule has 1 aliphatic rings. The lowest BCUT2D eigenvalue weighted by Gasteiger charge is -2.28. The van der Waals surface area contributed by atoms with Crippen molar-refractivity contribution >= 4 is 11.7 Å². The molecule has 1 saturated carbocycles. The molecule has 1 fully saturated rings. The summed E-state index contributed by atoms with van der Waals surface area (Å²) in [6.07, 6.45) is 3.21. The van der Waals surface area contributed by atoms with E-state index in [-0.39, 0.29) is 11.7 Å². The fraction of sp³-hybridized carbons (Fsp3) is 0.333. The van der Waals surface area contributed by atoms with Gasteiger partial charge in [-0.3, -0.25) is 4.79 Å². The summed E-state index contributed by atoms with van der Waals surface area (Å²) in [7, 11) is 0. The summed E-state index contributed by atoms with van der Waals surface area (Å²) in [5.41, 5.74) is 0.554. The molecule has 0 unspecified atom stereocenters. The minimum atomic E-state index is -0.781. The standard InChI is InChI=1S/C18H19FN2O/c1-13-7-6-10-16(20-13)21-17(22)18(11-4-5-12-18)14-8-2-3-9-15(14)19/h2-3,6-10H,4-5,11-12H2,1H3,(H,20,21,22). The molecule has 1 aromatic carbocycles. The molecule has 0 aliphatic heterocycles. The van der Waals surface area contributed by atoms with Gasteiger partial charge < -0.3 is 5.32 Å². The molecule has 3 rings (SSSR count). The first-order valence-electron chi connectivity index (χ1n) is 7.62. The second-order valence-electron chi connectivity index (χ2n) is 5.89.